The monoisotopic (exact) mass is 373 g/mol. The molecule has 0 aliphatic heterocycles. The van der Waals surface area contributed by atoms with Gasteiger partial charge in [0.15, 0.2) is 5.16 Å². The number of hydrogen-bond donors (Lipinski definition) is 1. The molecule has 1 aromatic carbocycles. The van der Waals surface area contributed by atoms with Crippen LogP contribution in [0.1, 0.15) is 23.9 Å². The van der Waals surface area contributed by atoms with Gasteiger partial charge in [-0.1, -0.05) is 42.1 Å². The van der Waals surface area contributed by atoms with Gasteiger partial charge in [0.2, 0.25) is 5.91 Å². The average Bonchev–Trinajstić information content (AvgIpc) is 2.60. The van der Waals surface area contributed by atoms with Gasteiger partial charge in [0.05, 0.1) is 12.4 Å². The van der Waals surface area contributed by atoms with Crippen molar-refractivity contribution in [3.05, 3.63) is 53.3 Å². The van der Waals surface area contributed by atoms with Crippen LogP contribution in [0.15, 0.2) is 41.6 Å². The first-order chi connectivity index (χ1) is 12.5. The maximum absolute atomic E-state index is 12.3. The van der Waals surface area contributed by atoms with Crippen LogP contribution in [-0.4, -0.2) is 40.2 Å². The molecule has 7 heteroatoms. The second kappa shape index (κ2) is 9.91. The second-order valence-electron chi connectivity index (χ2n) is 5.78. The third-order valence-electron chi connectivity index (χ3n) is 3.48. The van der Waals surface area contributed by atoms with Crippen LogP contribution in [0, 0.1) is 13.8 Å². The molecule has 1 aromatic heterocycles. The van der Waals surface area contributed by atoms with Crippen LogP contribution in [0.5, 0.6) is 0 Å². The lowest BCUT2D eigenvalue weighted by atomic mass is 10.1. The molecule has 1 N–H and O–H groups in total. The number of carbonyl (C=O) groups excluding carboxylic acids is 2. The molecule has 1 unspecified atom stereocenters. The number of amides is 1. The fourth-order valence-electron chi connectivity index (χ4n) is 2.41. The number of aromatic nitrogens is 2. The molecule has 6 nitrogen and oxygen atoms in total. The Hall–Kier alpha value is -2.41. The van der Waals surface area contributed by atoms with Crippen LogP contribution in [0.2, 0.25) is 0 Å². The quantitative estimate of drug-likeness (QED) is 0.435. The Morgan fingerprint density at radius 1 is 1.15 bits per heavy atom. The van der Waals surface area contributed by atoms with E-state index in [0.29, 0.717) is 11.6 Å². The smallest absolute Gasteiger partial charge is 0.328 e. The lowest BCUT2D eigenvalue weighted by molar-refractivity contribution is -0.147. The summed E-state index contributed by atoms with van der Waals surface area (Å²) < 4.78 is 5.09. The summed E-state index contributed by atoms with van der Waals surface area (Å²) in [6, 6.07) is 10.7. The van der Waals surface area contributed by atoms with E-state index in [9.17, 15) is 9.59 Å². The summed E-state index contributed by atoms with van der Waals surface area (Å²) in [6.45, 7) is 5.78. The van der Waals surface area contributed by atoms with Gasteiger partial charge in [0.1, 0.15) is 6.04 Å². The molecule has 0 bridgehead atoms. The highest BCUT2D eigenvalue weighted by molar-refractivity contribution is 7.99. The maximum atomic E-state index is 12.3. The molecule has 1 atom stereocenters. The first kappa shape index (κ1) is 19.9. The molecule has 26 heavy (non-hydrogen) atoms. The SMILES string of the molecule is CCOC(=O)C(Cc1ccccc1)NC(=O)CSc1nc(C)cc(C)n1. The first-order valence-corrected chi connectivity index (χ1v) is 9.41. The van der Waals surface area contributed by atoms with Crippen molar-refractivity contribution in [2.75, 3.05) is 12.4 Å². The predicted octanol–water partition coefficient (Wildman–Crippen LogP) is 2.48. The van der Waals surface area contributed by atoms with E-state index in [4.69, 9.17) is 4.74 Å². The minimum atomic E-state index is -0.717. The molecule has 2 aromatic rings. The largest absolute Gasteiger partial charge is 0.464 e. The molecule has 0 spiro atoms. The second-order valence-corrected chi connectivity index (χ2v) is 6.73. The number of rotatable bonds is 8. The molecule has 0 aliphatic rings. The summed E-state index contributed by atoms with van der Waals surface area (Å²) in [7, 11) is 0. The van der Waals surface area contributed by atoms with E-state index in [0.717, 1.165) is 17.0 Å². The van der Waals surface area contributed by atoms with Gasteiger partial charge < -0.3 is 10.1 Å². The zero-order chi connectivity index (χ0) is 18.9. The van der Waals surface area contributed by atoms with Crippen molar-refractivity contribution in [2.45, 2.75) is 38.4 Å². The minimum absolute atomic E-state index is 0.133. The zero-order valence-corrected chi connectivity index (χ0v) is 16.0. The van der Waals surface area contributed by atoms with Crippen LogP contribution in [-0.2, 0) is 20.7 Å². The number of esters is 1. The molecular formula is C19H23N3O3S. The van der Waals surface area contributed by atoms with Crippen molar-refractivity contribution >= 4 is 23.6 Å². The van der Waals surface area contributed by atoms with Crippen molar-refractivity contribution < 1.29 is 14.3 Å². The number of benzene rings is 1. The van der Waals surface area contributed by atoms with Crippen molar-refractivity contribution in [2.24, 2.45) is 0 Å². The van der Waals surface area contributed by atoms with Crippen LogP contribution in [0.25, 0.3) is 0 Å². The summed E-state index contributed by atoms with van der Waals surface area (Å²) in [6.07, 6.45) is 0.385. The van der Waals surface area contributed by atoms with Crippen LogP contribution < -0.4 is 5.32 Å². The van der Waals surface area contributed by atoms with Gasteiger partial charge >= 0.3 is 5.97 Å². The summed E-state index contributed by atoms with van der Waals surface area (Å²) in [5, 5.41) is 3.31. The van der Waals surface area contributed by atoms with Gasteiger partial charge in [-0.15, -0.1) is 0 Å². The Morgan fingerprint density at radius 2 is 1.81 bits per heavy atom. The number of nitrogens with zero attached hydrogens (tertiary/aromatic N) is 2. The van der Waals surface area contributed by atoms with E-state index < -0.39 is 12.0 Å². The molecule has 0 radical (unpaired) electrons. The number of hydrogen-bond acceptors (Lipinski definition) is 6. The number of thioether (sulfide) groups is 1. The van der Waals surface area contributed by atoms with Crippen molar-refractivity contribution in [1.82, 2.24) is 15.3 Å². The average molecular weight is 373 g/mol. The van der Waals surface area contributed by atoms with Gasteiger partial charge in [0.25, 0.3) is 0 Å². The predicted molar refractivity (Wildman–Crippen MR) is 101 cm³/mol. The zero-order valence-electron chi connectivity index (χ0n) is 15.2. The third kappa shape index (κ3) is 6.48. The summed E-state index contributed by atoms with van der Waals surface area (Å²) in [5.74, 6) is -0.558. The topological polar surface area (TPSA) is 81.2 Å². The van der Waals surface area contributed by atoms with Crippen molar-refractivity contribution in [1.29, 1.82) is 0 Å². The highest BCUT2D eigenvalue weighted by Crippen LogP contribution is 2.14. The molecule has 0 saturated carbocycles. The molecule has 2 rings (SSSR count). The Bertz CT molecular complexity index is 733. The number of nitrogens with one attached hydrogen (secondary N) is 1. The van der Waals surface area contributed by atoms with E-state index in [1.54, 1.807) is 6.92 Å². The van der Waals surface area contributed by atoms with Crippen molar-refractivity contribution in [3.8, 4) is 0 Å². The van der Waals surface area contributed by atoms with E-state index >= 15 is 0 Å². The van der Waals surface area contributed by atoms with Gasteiger partial charge in [-0.3, -0.25) is 4.79 Å². The van der Waals surface area contributed by atoms with Crippen LogP contribution >= 0.6 is 11.8 Å². The lowest BCUT2D eigenvalue weighted by Gasteiger charge is -2.17. The van der Waals surface area contributed by atoms with E-state index in [1.807, 2.05) is 50.2 Å². The van der Waals surface area contributed by atoms with Gasteiger partial charge in [-0.25, -0.2) is 14.8 Å². The van der Waals surface area contributed by atoms with Crippen molar-refractivity contribution in [3.63, 3.8) is 0 Å². The fourth-order valence-corrected chi connectivity index (χ4v) is 3.17. The van der Waals surface area contributed by atoms with Gasteiger partial charge in [-0.05, 0) is 32.4 Å². The molecule has 0 saturated heterocycles. The molecule has 138 valence electrons. The maximum Gasteiger partial charge on any atom is 0.328 e. The molecule has 1 amide bonds. The molecule has 1 heterocycles. The third-order valence-corrected chi connectivity index (χ3v) is 4.33. The lowest BCUT2D eigenvalue weighted by Crippen LogP contribution is -2.44. The highest BCUT2D eigenvalue weighted by atomic mass is 32.2. The van der Waals surface area contributed by atoms with E-state index in [-0.39, 0.29) is 18.3 Å². The number of aryl methyl sites for hydroxylation is 2. The van der Waals surface area contributed by atoms with Gasteiger partial charge in [0, 0.05) is 17.8 Å². The summed E-state index contributed by atoms with van der Waals surface area (Å²) in [5.41, 5.74) is 2.67. The summed E-state index contributed by atoms with van der Waals surface area (Å²) in [4.78, 5) is 33.1. The molecule has 0 fully saturated rings. The minimum Gasteiger partial charge on any atom is -0.464 e. The van der Waals surface area contributed by atoms with E-state index in [2.05, 4.69) is 15.3 Å². The van der Waals surface area contributed by atoms with Crippen LogP contribution in [0.3, 0.4) is 0 Å². The number of carbonyl (C=O) groups is 2. The Kier molecular flexibility index (Phi) is 7.59. The fraction of sp³-hybridized carbons (Fsp3) is 0.368. The number of ether oxygens (including phenoxy) is 1. The molecule has 0 aliphatic carbocycles. The standard InChI is InChI=1S/C19H23N3O3S/c1-4-25-18(24)16(11-15-8-6-5-7-9-15)22-17(23)12-26-19-20-13(2)10-14(3)21-19/h5-10,16H,4,11-12H2,1-3H3,(H,22,23). The van der Waals surface area contributed by atoms with Gasteiger partial charge in [-0.2, -0.15) is 0 Å². The normalized spacial score (nSPS) is 11.7. The first-order valence-electron chi connectivity index (χ1n) is 8.43. The Labute approximate surface area is 157 Å². The Morgan fingerprint density at radius 3 is 2.42 bits per heavy atom. The Balaban J connectivity index is 1.97. The van der Waals surface area contributed by atoms with Crippen LogP contribution in [0.4, 0.5) is 0 Å². The molecular weight excluding hydrogens is 350 g/mol. The highest BCUT2D eigenvalue weighted by Gasteiger charge is 2.22. The summed E-state index contributed by atoms with van der Waals surface area (Å²) >= 11 is 1.24. The van der Waals surface area contributed by atoms with E-state index in [1.165, 1.54) is 11.8 Å².